The van der Waals surface area contributed by atoms with Crippen LogP contribution in [0.4, 0.5) is 0 Å². The monoisotopic (exact) mass is 300 g/mol. The topological polar surface area (TPSA) is 55.8 Å². The fourth-order valence-corrected chi connectivity index (χ4v) is 1.25. The van der Waals surface area contributed by atoms with E-state index in [2.05, 4.69) is 15.9 Å². The minimum atomic E-state index is -1.07. The first-order chi connectivity index (χ1) is 8.04. The fourth-order valence-electron chi connectivity index (χ4n) is 1.17. The van der Waals surface area contributed by atoms with Crippen molar-refractivity contribution in [2.24, 2.45) is 0 Å². The summed E-state index contributed by atoms with van der Waals surface area (Å²) in [5.41, 5.74) is 0. The molecule has 0 aromatic heterocycles. The number of benzene rings is 1. The lowest BCUT2D eigenvalue weighted by Gasteiger charge is -2.08. The van der Waals surface area contributed by atoms with E-state index < -0.39 is 5.97 Å². The van der Waals surface area contributed by atoms with Crippen LogP contribution < -0.4 is 9.47 Å². The van der Waals surface area contributed by atoms with Gasteiger partial charge in [-0.05, 0) is 41.9 Å². The van der Waals surface area contributed by atoms with Crippen molar-refractivity contribution >= 4 is 21.9 Å². The zero-order chi connectivity index (χ0) is 12.8. The summed E-state index contributed by atoms with van der Waals surface area (Å²) in [6.07, 6.45) is 0. The molecule has 0 radical (unpaired) electrons. The van der Waals surface area contributed by atoms with Gasteiger partial charge in [0.25, 0.3) is 0 Å². The van der Waals surface area contributed by atoms with E-state index in [1.54, 1.807) is 25.1 Å². The maximum absolute atomic E-state index is 10.7. The van der Waals surface area contributed by atoms with Gasteiger partial charge in [-0.3, -0.25) is 0 Å². The Balaban J connectivity index is 2.85. The zero-order valence-electron chi connectivity index (χ0n) is 9.57. The van der Waals surface area contributed by atoms with Crippen molar-refractivity contribution in [3.05, 3.63) is 34.5 Å². The third-order valence-electron chi connectivity index (χ3n) is 1.88. The van der Waals surface area contributed by atoms with Gasteiger partial charge in [-0.15, -0.1) is 0 Å². The Morgan fingerprint density at radius 2 is 2.06 bits per heavy atom. The van der Waals surface area contributed by atoms with Crippen LogP contribution in [0.2, 0.25) is 0 Å². The molecule has 0 unspecified atom stereocenters. The van der Waals surface area contributed by atoms with Crippen molar-refractivity contribution in [1.82, 2.24) is 0 Å². The molecule has 0 aliphatic rings. The van der Waals surface area contributed by atoms with E-state index in [1.165, 1.54) is 0 Å². The molecule has 0 atom stereocenters. The molecule has 0 amide bonds. The highest BCUT2D eigenvalue weighted by molar-refractivity contribution is 9.12. The molecule has 0 bridgehead atoms. The van der Waals surface area contributed by atoms with Crippen LogP contribution in [0.3, 0.4) is 0 Å². The summed E-state index contributed by atoms with van der Waals surface area (Å²) in [6, 6.07) is 7.02. The summed E-state index contributed by atoms with van der Waals surface area (Å²) >= 11 is 2.94. The Hall–Kier alpha value is -1.49. The van der Waals surface area contributed by atoms with Crippen LogP contribution in [-0.4, -0.2) is 17.7 Å². The Morgan fingerprint density at radius 1 is 1.41 bits per heavy atom. The van der Waals surface area contributed by atoms with E-state index >= 15 is 0 Å². The summed E-state index contributed by atoms with van der Waals surface area (Å²) < 4.78 is 10.7. The molecule has 0 fully saturated rings. The van der Waals surface area contributed by atoms with Crippen LogP contribution in [0.1, 0.15) is 13.8 Å². The van der Waals surface area contributed by atoms with Gasteiger partial charge in [-0.2, -0.15) is 0 Å². The summed E-state index contributed by atoms with van der Waals surface area (Å²) in [6.45, 7) is 4.03. The molecule has 92 valence electrons. The lowest BCUT2D eigenvalue weighted by Crippen LogP contribution is -2.01. The molecule has 0 aliphatic heterocycles. The van der Waals surface area contributed by atoms with Crippen LogP contribution in [0.15, 0.2) is 34.5 Å². The van der Waals surface area contributed by atoms with Crippen LogP contribution in [0, 0.1) is 0 Å². The fraction of sp³-hybridized carbons (Fsp3) is 0.250. The molecule has 4 nitrogen and oxygen atoms in total. The average Bonchev–Trinajstić information content (AvgIpc) is 2.28. The predicted octanol–water partition coefficient (Wildman–Crippen LogP) is 3.18. The molecule has 1 rings (SSSR count). The Labute approximate surface area is 108 Å². The zero-order valence-corrected chi connectivity index (χ0v) is 11.2. The number of ether oxygens (including phenoxy) is 2. The number of carbonyl (C=O) groups is 1. The van der Waals surface area contributed by atoms with Gasteiger partial charge < -0.3 is 14.6 Å². The lowest BCUT2D eigenvalue weighted by atomic mass is 10.3. The maximum Gasteiger partial charge on any atom is 0.346 e. The van der Waals surface area contributed by atoms with E-state index in [4.69, 9.17) is 14.6 Å². The number of carboxylic acids is 1. The lowest BCUT2D eigenvalue weighted by molar-refractivity contribution is -0.131. The number of hydrogen-bond donors (Lipinski definition) is 1. The Kier molecular flexibility index (Phi) is 5.03. The average molecular weight is 301 g/mol. The van der Waals surface area contributed by atoms with E-state index in [0.717, 1.165) is 0 Å². The minimum absolute atomic E-state index is 0.000636. The molecule has 1 aromatic rings. The molecule has 0 spiro atoms. The SMILES string of the molecule is CCOc1cccc(O/C(C)=C(\Br)C(=O)O)c1. The molecule has 0 saturated heterocycles. The first kappa shape index (κ1) is 13.6. The largest absolute Gasteiger partial charge is 0.494 e. The van der Waals surface area contributed by atoms with Gasteiger partial charge in [0.2, 0.25) is 0 Å². The van der Waals surface area contributed by atoms with Gasteiger partial charge in [0.1, 0.15) is 21.7 Å². The van der Waals surface area contributed by atoms with E-state index in [-0.39, 0.29) is 10.2 Å². The molecule has 5 heteroatoms. The molecule has 0 aliphatic carbocycles. The second kappa shape index (κ2) is 6.30. The molecule has 1 aromatic carbocycles. The van der Waals surface area contributed by atoms with Gasteiger partial charge in [0.15, 0.2) is 0 Å². The molecule has 0 heterocycles. The van der Waals surface area contributed by atoms with Crippen LogP contribution in [0.25, 0.3) is 0 Å². The van der Waals surface area contributed by atoms with E-state index in [1.807, 2.05) is 13.0 Å². The highest BCUT2D eigenvalue weighted by Gasteiger charge is 2.09. The normalized spacial score (nSPS) is 11.7. The summed E-state index contributed by atoms with van der Waals surface area (Å²) in [5, 5.41) is 8.76. The minimum Gasteiger partial charge on any atom is -0.494 e. The molecular formula is C12H13BrO4. The van der Waals surface area contributed by atoms with Crippen molar-refractivity contribution in [3.63, 3.8) is 0 Å². The molecule has 1 N–H and O–H groups in total. The summed E-state index contributed by atoms with van der Waals surface area (Å²) in [4.78, 5) is 10.7. The second-order valence-corrected chi connectivity index (χ2v) is 3.98. The van der Waals surface area contributed by atoms with E-state index in [9.17, 15) is 4.79 Å². The maximum atomic E-state index is 10.7. The number of halogens is 1. The smallest absolute Gasteiger partial charge is 0.346 e. The number of hydrogen-bond acceptors (Lipinski definition) is 3. The second-order valence-electron chi connectivity index (χ2n) is 3.19. The quantitative estimate of drug-likeness (QED) is 0.670. The Morgan fingerprint density at radius 3 is 2.65 bits per heavy atom. The first-order valence-corrected chi connectivity index (χ1v) is 5.84. The first-order valence-electron chi connectivity index (χ1n) is 5.05. The number of rotatable bonds is 5. The standard InChI is InChI=1S/C12H13BrO4/c1-3-16-9-5-4-6-10(7-9)17-8(2)11(13)12(14)15/h4-7H,3H2,1-2H3,(H,14,15)/b11-8-. The predicted molar refractivity (Wildman–Crippen MR) is 67.5 cm³/mol. The van der Waals surface area contributed by atoms with Crippen LogP contribution in [-0.2, 0) is 4.79 Å². The van der Waals surface area contributed by atoms with E-state index in [0.29, 0.717) is 18.1 Å². The third kappa shape index (κ3) is 4.11. The number of allylic oxidation sites excluding steroid dienone is 1. The van der Waals surface area contributed by atoms with Gasteiger partial charge in [-0.1, -0.05) is 6.07 Å². The highest BCUT2D eigenvalue weighted by atomic mass is 79.9. The molecule has 17 heavy (non-hydrogen) atoms. The van der Waals surface area contributed by atoms with Crippen molar-refractivity contribution < 1.29 is 19.4 Å². The number of carboxylic acid groups (broad SMARTS) is 1. The highest BCUT2D eigenvalue weighted by Crippen LogP contribution is 2.23. The van der Waals surface area contributed by atoms with Crippen molar-refractivity contribution in [2.45, 2.75) is 13.8 Å². The van der Waals surface area contributed by atoms with Crippen LogP contribution in [0.5, 0.6) is 11.5 Å². The van der Waals surface area contributed by atoms with Gasteiger partial charge in [0, 0.05) is 6.07 Å². The summed E-state index contributed by atoms with van der Waals surface area (Å²) in [5.74, 6) is 0.436. The number of aliphatic carboxylic acids is 1. The van der Waals surface area contributed by atoms with Crippen molar-refractivity contribution in [2.75, 3.05) is 6.61 Å². The van der Waals surface area contributed by atoms with Crippen LogP contribution >= 0.6 is 15.9 Å². The molecular weight excluding hydrogens is 288 g/mol. The van der Waals surface area contributed by atoms with Gasteiger partial charge in [-0.25, -0.2) is 4.79 Å². The molecule has 0 saturated carbocycles. The van der Waals surface area contributed by atoms with Gasteiger partial charge in [0.05, 0.1) is 6.61 Å². The van der Waals surface area contributed by atoms with Gasteiger partial charge >= 0.3 is 5.97 Å². The summed E-state index contributed by atoms with van der Waals surface area (Å²) in [7, 11) is 0. The van der Waals surface area contributed by atoms with Crippen molar-refractivity contribution in [3.8, 4) is 11.5 Å². The van der Waals surface area contributed by atoms with Crippen molar-refractivity contribution in [1.29, 1.82) is 0 Å². The Bertz CT molecular complexity index is 440. The third-order valence-corrected chi connectivity index (χ3v) is 2.78.